The highest BCUT2D eigenvalue weighted by molar-refractivity contribution is 5.77. The molecular formula is C15H23N3O. The zero-order valence-electron chi connectivity index (χ0n) is 12.1. The Kier molecular flexibility index (Phi) is 4.93. The number of benzene rings is 1. The fourth-order valence-electron chi connectivity index (χ4n) is 2.17. The van der Waals surface area contributed by atoms with Crippen LogP contribution in [-0.2, 0) is 11.3 Å². The summed E-state index contributed by atoms with van der Waals surface area (Å²) in [5.41, 5.74) is 4.96. The fraction of sp³-hybridized carbons (Fsp3) is 0.533. The van der Waals surface area contributed by atoms with Crippen LogP contribution in [0.1, 0.15) is 17.5 Å². The number of rotatable bonds is 7. The van der Waals surface area contributed by atoms with Crippen molar-refractivity contribution in [1.82, 2.24) is 14.9 Å². The minimum Gasteiger partial charge on any atom is -0.383 e. The van der Waals surface area contributed by atoms with Gasteiger partial charge in [-0.1, -0.05) is 0 Å². The standard InChI is InChI=1S/C15H23N3O/c1-12-9-14-15(10-13(12)2)18(11-17-14)7-4-5-16-6-8-19-3/h9-11,16H,4-8H2,1-3H3. The number of ether oxygens (including phenoxy) is 1. The smallest absolute Gasteiger partial charge is 0.0958 e. The predicted octanol–water partition coefficient (Wildman–Crippen LogP) is 2.28. The molecule has 1 aromatic heterocycles. The first-order chi connectivity index (χ1) is 9.22. The van der Waals surface area contributed by atoms with Gasteiger partial charge in [0.1, 0.15) is 0 Å². The summed E-state index contributed by atoms with van der Waals surface area (Å²) in [4.78, 5) is 4.47. The van der Waals surface area contributed by atoms with Crippen LogP contribution >= 0.6 is 0 Å². The van der Waals surface area contributed by atoms with E-state index >= 15 is 0 Å². The minimum absolute atomic E-state index is 0.770. The first-order valence-corrected chi connectivity index (χ1v) is 6.84. The van der Waals surface area contributed by atoms with E-state index in [1.807, 2.05) is 6.33 Å². The second-order valence-corrected chi connectivity index (χ2v) is 4.96. The van der Waals surface area contributed by atoms with Crippen molar-refractivity contribution in [3.8, 4) is 0 Å². The number of imidazole rings is 1. The molecule has 0 spiro atoms. The SMILES string of the molecule is COCCNCCCn1cnc2cc(C)c(C)cc21. The quantitative estimate of drug-likeness (QED) is 0.777. The molecule has 0 aliphatic heterocycles. The summed E-state index contributed by atoms with van der Waals surface area (Å²) in [6.07, 6.45) is 3.04. The molecule has 0 saturated carbocycles. The molecule has 4 nitrogen and oxygen atoms in total. The molecule has 0 aliphatic rings. The Morgan fingerprint density at radius 1 is 1.21 bits per heavy atom. The Balaban J connectivity index is 1.92. The third-order valence-corrected chi connectivity index (χ3v) is 3.47. The van der Waals surface area contributed by atoms with Gasteiger partial charge in [-0.05, 0) is 50.1 Å². The minimum atomic E-state index is 0.770. The number of fused-ring (bicyclic) bond motifs is 1. The van der Waals surface area contributed by atoms with Gasteiger partial charge in [0.25, 0.3) is 0 Å². The number of nitrogens with zero attached hydrogens (tertiary/aromatic N) is 2. The van der Waals surface area contributed by atoms with E-state index in [1.54, 1.807) is 7.11 Å². The Labute approximate surface area is 114 Å². The normalized spacial score (nSPS) is 11.3. The average molecular weight is 261 g/mol. The van der Waals surface area contributed by atoms with Crippen molar-refractivity contribution in [3.05, 3.63) is 29.6 Å². The molecule has 4 heteroatoms. The van der Waals surface area contributed by atoms with Gasteiger partial charge in [-0.15, -0.1) is 0 Å². The molecule has 1 heterocycles. The fourth-order valence-corrected chi connectivity index (χ4v) is 2.17. The summed E-state index contributed by atoms with van der Waals surface area (Å²) in [5, 5.41) is 3.36. The lowest BCUT2D eigenvalue weighted by atomic mass is 10.1. The number of aromatic nitrogens is 2. The largest absolute Gasteiger partial charge is 0.383 e. The Morgan fingerprint density at radius 2 is 2.00 bits per heavy atom. The van der Waals surface area contributed by atoms with Gasteiger partial charge in [-0.2, -0.15) is 0 Å². The molecule has 2 aromatic rings. The van der Waals surface area contributed by atoms with Crippen molar-refractivity contribution in [2.24, 2.45) is 0 Å². The molecule has 0 radical (unpaired) electrons. The summed E-state index contributed by atoms with van der Waals surface area (Å²) < 4.78 is 7.23. The monoisotopic (exact) mass is 261 g/mol. The molecule has 2 rings (SSSR count). The van der Waals surface area contributed by atoms with Crippen molar-refractivity contribution in [1.29, 1.82) is 0 Å². The van der Waals surface area contributed by atoms with Crippen LogP contribution in [0.2, 0.25) is 0 Å². The number of nitrogens with one attached hydrogen (secondary N) is 1. The number of aryl methyl sites for hydroxylation is 3. The van der Waals surface area contributed by atoms with E-state index in [0.717, 1.165) is 38.2 Å². The number of hydrogen-bond acceptors (Lipinski definition) is 3. The van der Waals surface area contributed by atoms with Crippen molar-refractivity contribution in [3.63, 3.8) is 0 Å². The molecule has 1 N–H and O–H groups in total. The molecule has 0 saturated heterocycles. The highest BCUT2D eigenvalue weighted by Gasteiger charge is 2.04. The van der Waals surface area contributed by atoms with E-state index in [0.29, 0.717) is 0 Å². The number of methoxy groups -OCH3 is 1. The van der Waals surface area contributed by atoms with Gasteiger partial charge in [0.15, 0.2) is 0 Å². The van der Waals surface area contributed by atoms with E-state index in [2.05, 4.69) is 40.8 Å². The summed E-state index contributed by atoms with van der Waals surface area (Å²) in [6, 6.07) is 4.40. The molecule has 104 valence electrons. The lowest BCUT2D eigenvalue weighted by molar-refractivity contribution is 0.199. The maximum atomic E-state index is 5.00. The van der Waals surface area contributed by atoms with E-state index in [1.165, 1.54) is 16.6 Å². The zero-order valence-corrected chi connectivity index (χ0v) is 12.1. The Hall–Kier alpha value is -1.39. The summed E-state index contributed by atoms with van der Waals surface area (Å²) >= 11 is 0. The highest BCUT2D eigenvalue weighted by atomic mass is 16.5. The van der Waals surface area contributed by atoms with Crippen LogP contribution in [0.3, 0.4) is 0 Å². The molecule has 0 bridgehead atoms. The predicted molar refractivity (Wildman–Crippen MR) is 78.6 cm³/mol. The van der Waals surface area contributed by atoms with Crippen molar-refractivity contribution in [2.75, 3.05) is 26.8 Å². The van der Waals surface area contributed by atoms with Crippen LogP contribution in [0.25, 0.3) is 11.0 Å². The second-order valence-electron chi connectivity index (χ2n) is 4.96. The molecule has 0 aliphatic carbocycles. The van der Waals surface area contributed by atoms with Crippen LogP contribution in [0.4, 0.5) is 0 Å². The maximum absolute atomic E-state index is 5.00. The zero-order chi connectivity index (χ0) is 13.7. The molecule has 0 fully saturated rings. The molecule has 0 amide bonds. The van der Waals surface area contributed by atoms with E-state index < -0.39 is 0 Å². The van der Waals surface area contributed by atoms with Gasteiger partial charge in [0.2, 0.25) is 0 Å². The lowest BCUT2D eigenvalue weighted by Crippen LogP contribution is -2.21. The van der Waals surface area contributed by atoms with Crippen LogP contribution in [0.5, 0.6) is 0 Å². The summed E-state index contributed by atoms with van der Waals surface area (Å²) in [5.74, 6) is 0. The third-order valence-electron chi connectivity index (χ3n) is 3.47. The molecule has 0 unspecified atom stereocenters. The lowest BCUT2D eigenvalue weighted by Gasteiger charge is -2.07. The van der Waals surface area contributed by atoms with Crippen molar-refractivity contribution >= 4 is 11.0 Å². The topological polar surface area (TPSA) is 39.1 Å². The molecular weight excluding hydrogens is 238 g/mol. The van der Waals surface area contributed by atoms with E-state index in [4.69, 9.17) is 4.74 Å². The van der Waals surface area contributed by atoms with Gasteiger partial charge < -0.3 is 14.6 Å². The molecule has 1 aromatic carbocycles. The van der Waals surface area contributed by atoms with Gasteiger partial charge >= 0.3 is 0 Å². The van der Waals surface area contributed by atoms with Gasteiger partial charge in [-0.25, -0.2) is 4.98 Å². The Bertz CT molecular complexity index is 533. The third kappa shape index (κ3) is 3.55. The van der Waals surface area contributed by atoms with Crippen LogP contribution < -0.4 is 5.32 Å². The van der Waals surface area contributed by atoms with Crippen LogP contribution in [0, 0.1) is 13.8 Å². The van der Waals surface area contributed by atoms with Crippen molar-refractivity contribution < 1.29 is 4.74 Å². The van der Waals surface area contributed by atoms with Crippen molar-refractivity contribution in [2.45, 2.75) is 26.8 Å². The molecule has 0 atom stereocenters. The molecule has 19 heavy (non-hydrogen) atoms. The Morgan fingerprint density at radius 3 is 2.79 bits per heavy atom. The average Bonchev–Trinajstić information content (AvgIpc) is 2.77. The highest BCUT2D eigenvalue weighted by Crippen LogP contribution is 2.18. The first kappa shape index (κ1) is 14.0. The number of hydrogen-bond donors (Lipinski definition) is 1. The maximum Gasteiger partial charge on any atom is 0.0958 e. The second kappa shape index (κ2) is 6.68. The first-order valence-electron chi connectivity index (χ1n) is 6.84. The van der Waals surface area contributed by atoms with Gasteiger partial charge in [0, 0.05) is 20.2 Å². The van der Waals surface area contributed by atoms with E-state index in [-0.39, 0.29) is 0 Å². The van der Waals surface area contributed by atoms with Crippen LogP contribution in [-0.4, -0.2) is 36.4 Å². The van der Waals surface area contributed by atoms with E-state index in [9.17, 15) is 0 Å². The van der Waals surface area contributed by atoms with Crippen LogP contribution in [0.15, 0.2) is 18.5 Å². The van der Waals surface area contributed by atoms with Gasteiger partial charge in [0.05, 0.1) is 24.0 Å². The summed E-state index contributed by atoms with van der Waals surface area (Å²) in [6.45, 7) is 7.98. The van der Waals surface area contributed by atoms with Gasteiger partial charge in [-0.3, -0.25) is 0 Å². The summed E-state index contributed by atoms with van der Waals surface area (Å²) in [7, 11) is 1.73.